The number of nitrogens with one attached hydrogen (secondary N) is 1. The van der Waals surface area contributed by atoms with Crippen molar-refractivity contribution in [2.24, 2.45) is 0 Å². The number of halogens is 1. The van der Waals surface area contributed by atoms with Crippen molar-refractivity contribution in [2.45, 2.75) is 46.3 Å². The van der Waals surface area contributed by atoms with Gasteiger partial charge in [0.15, 0.2) is 0 Å². The van der Waals surface area contributed by atoms with E-state index in [4.69, 9.17) is 0 Å². The number of hydrogen-bond donors (Lipinski definition) is 1. The lowest BCUT2D eigenvalue weighted by atomic mass is 10.2. The Morgan fingerprint density at radius 3 is 2.95 bits per heavy atom. The van der Waals surface area contributed by atoms with E-state index in [0.29, 0.717) is 19.1 Å². The van der Waals surface area contributed by atoms with Crippen molar-refractivity contribution in [1.29, 1.82) is 0 Å². The van der Waals surface area contributed by atoms with Gasteiger partial charge in [0.25, 0.3) is 0 Å². The molecule has 5 nitrogen and oxygen atoms in total. The molecule has 2 rings (SSSR count). The van der Waals surface area contributed by atoms with Crippen LogP contribution in [0.4, 0.5) is 10.1 Å². The molecule has 0 saturated carbocycles. The fraction of sp³-hybridized carbons (Fsp3) is 0.571. The summed E-state index contributed by atoms with van der Waals surface area (Å²) in [5.41, 5.74) is 2.96. The van der Waals surface area contributed by atoms with Crippen LogP contribution in [0.2, 0.25) is 0 Å². The molecule has 0 aliphatic rings. The average molecular weight is 279 g/mol. The van der Waals surface area contributed by atoms with Gasteiger partial charge in [-0.2, -0.15) is 10.2 Å². The van der Waals surface area contributed by atoms with E-state index in [0.717, 1.165) is 23.5 Å². The maximum Gasteiger partial charge on any atom is 0.109 e. The fourth-order valence-electron chi connectivity index (χ4n) is 2.13. The lowest BCUT2D eigenvalue weighted by Gasteiger charge is -2.14. The molecule has 110 valence electrons. The van der Waals surface area contributed by atoms with Crippen LogP contribution in [0.15, 0.2) is 18.5 Å². The van der Waals surface area contributed by atoms with Crippen LogP contribution in [0.3, 0.4) is 0 Å². The quantitative estimate of drug-likeness (QED) is 0.847. The summed E-state index contributed by atoms with van der Waals surface area (Å²) in [6.07, 6.45) is 4.71. The summed E-state index contributed by atoms with van der Waals surface area (Å²) in [4.78, 5) is 0. The first-order valence-corrected chi connectivity index (χ1v) is 7.02. The van der Waals surface area contributed by atoms with Crippen molar-refractivity contribution < 1.29 is 4.39 Å². The van der Waals surface area contributed by atoms with Crippen molar-refractivity contribution in [3.8, 4) is 0 Å². The normalized spacial score (nSPS) is 12.6. The van der Waals surface area contributed by atoms with E-state index < -0.39 is 6.67 Å². The van der Waals surface area contributed by atoms with Crippen LogP contribution in [0.25, 0.3) is 0 Å². The van der Waals surface area contributed by atoms with Gasteiger partial charge in [-0.1, -0.05) is 6.92 Å². The SMILES string of the molecule is CC[C@H](C)n1nccc1CNc1cn(CCF)nc1C. The Morgan fingerprint density at radius 1 is 1.45 bits per heavy atom. The first-order valence-electron chi connectivity index (χ1n) is 7.02. The minimum absolute atomic E-state index is 0.299. The Hall–Kier alpha value is -1.85. The highest BCUT2D eigenvalue weighted by Crippen LogP contribution is 2.16. The van der Waals surface area contributed by atoms with Gasteiger partial charge >= 0.3 is 0 Å². The standard InChI is InChI=1S/C14H22FN5/c1-4-11(2)20-13(5-7-17-20)9-16-14-10-19(8-6-15)18-12(14)3/h5,7,10-11,16H,4,6,8-9H2,1-3H3/t11-/m0/s1. The Balaban J connectivity index is 2.03. The molecule has 2 aromatic heterocycles. The van der Waals surface area contributed by atoms with Crippen molar-refractivity contribution in [1.82, 2.24) is 19.6 Å². The van der Waals surface area contributed by atoms with E-state index in [2.05, 4.69) is 29.4 Å². The van der Waals surface area contributed by atoms with E-state index in [1.807, 2.05) is 30.1 Å². The van der Waals surface area contributed by atoms with Crippen LogP contribution in [0, 0.1) is 6.92 Å². The second-order valence-electron chi connectivity index (χ2n) is 4.96. The van der Waals surface area contributed by atoms with Crippen LogP contribution in [0.1, 0.15) is 37.7 Å². The third-order valence-electron chi connectivity index (χ3n) is 3.48. The minimum Gasteiger partial charge on any atom is -0.377 e. The summed E-state index contributed by atoms with van der Waals surface area (Å²) in [7, 11) is 0. The first-order chi connectivity index (χ1) is 9.65. The number of hydrogen-bond acceptors (Lipinski definition) is 3. The summed E-state index contributed by atoms with van der Waals surface area (Å²) in [5, 5.41) is 12.0. The predicted octanol–water partition coefficient (Wildman–Crippen LogP) is 2.94. The van der Waals surface area contributed by atoms with Gasteiger partial charge in [0.05, 0.1) is 30.2 Å². The minimum atomic E-state index is -0.401. The zero-order valence-electron chi connectivity index (χ0n) is 12.3. The summed E-state index contributed by atoms with van der Waals surface area (Å²) < 4.78 is 16.0. The first kappa shape index (κ1) is 14.6. The van der Waals surface area contributed by atoms with Gasteiger partial charge in [-0.3, -0.25) is 9.36 Å². The van der Waals surface area contributed by atoms with Crippen molar-refractivity contribution in [2.75, 3.05) is 12.0 Å². The number of rotatable bonds is 7. The topological polar surface area (TPSA) is 47.7 Å². The van der Waals surface area contributed by atoms with Gasteiger partial charge < -0.3 is 5.32 Å². The molecule has 2 aromatic rings. The molecule has 0 bridgehead atoms. The largest absolute Gasteiger partial charge is 0.377 e. The fourth-order valence-corrected chi connectivity index (χ4v) is 2.13. The second-order valence-corrected chi connectivity index (χ2v) is 4.96. The van der Waals surface area contributed by atoms with E-state index in [1.165, 1.54) is 0 Å². The summed E-state index contributed by atoms with van der Waals surface area (Å²) >= 11 is 0. The number of alkyl halides is 1. The summed E-state index contributed by atoms with van der Waals surface area (Å²) in [6, 6.07) is 2.40. The summed E-state index contributed by atoms with van der Waals surface area (Å²) in [5.74, 6) is 0. The second kappa shape index (κ2) is 6.54. The maximum atomic E-state index is 12.3. The Kier molecular flexibility index (Phi) is 4.76. The molecule has 0 radical (unpaired) electrons. The van der Waals surface area contributed by atoms with Gasteiger partial charge in [0, 0.05) is 18.4 Å². The van der Waals surface area contributed by atoms with Gasteiger partial charge in [0.2, 0.25) is 0 Å². The number of nitrogens with zero attached hydrogens (tertiary/aromatic N) is 4. The highest BCUT2D eigenvalue weighted by Gasteiger charge is 2.09. The third kappa shape index (κ3) is 3.18. The molecule has 1 atom stereocenters. The molecule has 0 amide bonds. The molecule has 20 heavy (non-hydrogen) atoms. The van der Waals surface area contributed by atoms with Crippen LogP contribution in [-0.4, -0.2) is 26.2 Å². The van der Waals surface area contributed by atoms with E-state index >= 15 is 0 Å². The molecule has 0 aromatic carbocycles. The van der Waals surface area contributed by atoms with Crippen LogP contribution >= 0.6 is 0 Å². The Labute approximate surface area is 118 Å². The Morgan fingerprint density at radius 2 is 2.25 bits per heavy atom. The highest BCUT2D eigenvalue weighted by atomic mass is 19.1. The monoisotopic (exact) mass is 279 g/mol. The average Bonchev–Trinajstić information content (AvgIpc) is 3.03. The molecule has 0 saturated heterocycles. The van der Waals surface area contributed by atoms with Gasteiger partial charge in [-0.15, -0.1) is 0 Å². The number of aromatic nitrogens is 4. The molecule has 0 aliphatic carbocycles. The van der Waals surface area contributed by atoms with Crippen molar-refractivity contribution in [3.05, 3.63) is 29.8 Å². The molecule has 6 heteroatoms. The smallest absolute Gasteiger partial charge is 0.109 e. The van der Waals surface area contributed by atoms with Gasteiger partial charge in [-0.25, -0.2) is 4.39 Å². The molecule has 0 fully saturated rings. The molecule has 0 aliphatic heterocycles. The highest BCUT2D eigenvalue weighted by molar-refractivity contribution is 5.45. The third-order valence-corrected chi connectivity index (χ3v) is 3.48. The molecule has 0 unspecified atom stereocenters. The van der Waals surface area contributed by atoms with E-state index in [-0.39, 0.29) is 0 Å². The molecular weight excluding hydrogens is 257 g/mol. The van der Waals surface area contributed by atoms with Crippen molar-refractivity contribution in [3.63, 3.8) is 0 Å². The Bertz CT molecular complexity index is 546. The predicted molar refractivity (Wildman–Crippen MR) is 77.5 cm³/mol. The van der Waals surface area contributed by atoms with Crippen LogP contribution in [-0.2, 0) is 13.1 Å². The molecule has 2 heterocycles. The summed E-state index contributed by atoms with van der Waals surface area (Å²) in [6.45, 7) is 6.81. The maximum absolute atomic E-state index is 12.3. The van der Waals surface area contributed by atoms with Crippen LogP contribution < -0.4 is 5.32 Å². The van der Waals surface area contributed by atoms with E-state index in [9.17, 15) is 4.39 Å². The van der Waals surface area contributed by atoms with Gasteiger partial charge in [-0.05, 0) is 26.3 Å². The zero-order valence-corrected chi connectivity index (χ0v) is 12.3. The van der Waals surface area contributed by atoms with E-state index in [1.54, 1.807) is 4.68 Å². The van der Waals surface area contributed by atoms with Crippen LogP contribution in [0.5, 0.6) is 0 Å². The molecular formula is C14H22FN5. The molecule has 0 spiro atoms. The lowest BCUT2D eigenvalue weighted by molar-refractivity contribution is 0.426. The number of anilines is 1. The zero-order chi connectivity index (χ0) is 14.5. The van der Waals surface area contributed by atoms with Gasteiger partial charge in [0.1, 0.15) is 6.67 Å². The molecule has 1 N–H and O–H groups in total. The van der Waals surface area contributed by atoms with Crippen molar-refractivity contribution >= 4 is 5.69 Å². The number of aryl methyl sites for hydroxylation is 2. The lowest BCUT2D eigenvalue weighted by Crippen LogP contribution is -2.12.